The van der Waals surface area contributed by atoms with Crippen LogP contribution in [-0.2, 0) is 0 Å². The Bertz CT molecular complexity index is 1510. The van der Waals surface area contributed by atoms with E-state index >= 15 is 0 Å². The van der Waals surface area contributed by atoms with Gasteiger partial charge in [-0.1, -0.05) is 12.1 Å². The summed E-state index contributed by atoms with van der Waals surface area (Å²) in [7, 11) is 0. The quantitative estimate of drug-likeness (QED) is 0.454. The molecule has 0 aliphatic rings. The summed E-state index contributed by atoms with van der Waals surface area (Å²) in [5, 5.41) is 11.0. The molecule has 0 atom stereocenters. The van der Waals surface area contributed by atoms with Crippen LogP contribution in [0.3, 0.4) is 0 Å². The molecule has 4 heterocycles. The molecule has 0 spiro atoms. The molecule has 0 radical (unpaired) electrons. The van der Waals surface area contributed by atoms with E-state index in [0.29, 0.717) is 5.65 Å². The van der Waals surface area contributed by atoms with Gasteiger partial charge in [-0.2, -0.15) is 5.26 Å². The highest BCUT2D eigenvalue weighted by Gasteiger charge is 2.15. The Morgan fingerprint density at radius 1 is 1.07 bits per heavy atom. The van der Waals surface area contributed by atoms with Gasteiger partial charge in [-0.05, 0) is 55.0 Å². The number of pyridine rings is 3. The summed E-state index contributed by atoms with van der Waals surface area (Å²) >= 11 is 1.65. The number of nitriles is 1. The molecule has 1 aromatic carbocycles. The summed E-state index contributed by atoms with van der Waals surface area (Å²) in [6, 6.07) is 19.7. The summed E-state index contributed by atoms with van der Waals surface area (Å²) in [5.41, 5.74) is 3.81. The van der Waals surface area contributed by atoms with E-state index in [9.17, 15) is 10.1 Å². The highest BCUT2D eigenvalue weighted by atomic mass is 32.1. The zero-order valence-electron chi connectivity index (χ0n) is 15.4. The van der Waals surface area contributed by atoms with Gasteiger partial charge >= 0.3 is 0 Å². The van der Waals surface area contributed by atoms with Gasteiger partial charge in [0.15, 0.2) is 0 Å². The van der Waals surface area contributed by atoms with E-state index < -0.39 is 5.56 Å². The number of fused-ring (bicyclic) bond motifs is 2. The number of benzene rings is 1. The number of aromatic nitrogens is 3. The summed E-state index contributed by atoms with van der Waals surface area (Å²) in [6.45, 7) is 2.05. The molecule has 0 saturated carbocycles. The third-order valence-electron chi connectivity index (χ3n) is 4.84. The molecular formula is C23H14N4OS. The maximum atomic E-state index is 12.1. The number of rotatable bonds is 2. The normalized spacial score (nSPS) is 11.0. The minimum Gasteiger partial charge on any atom is -0.305 e. The molecule has 0 aliphatic heterocycles. The van der Waals surface area contributed by atoms with Crippen LogP contribution in [0.15, 0.2) is 65.6 Å². The van der Waals surface area contributed by atoms with Crippen molar-refractivity contribution < 1.29 is 0 Å². The van der Waals surface area contributed by atoms with Crippen molar-refractivity contribution in [3.05, 3.63) is 81.6 Å². The fourth-order valence-corrected chi connectivity index (χ4v) is 4.30. The van der Waals surface area contributed by atoms with E-state index in [4.69, 9.17) is 4.98 Å². The van der Waals surface area contributed by atoms with Gasteiger partial charge in [-0.3, -0.25) is 9.78 Å². The molecule has 4 aromatic heterocycles. The summed E-state index contributed by atoms with van der Waals surface area (Å²) in [5.74, 6) is 0. The molecular weight excluding hydrogens is 380 g/mol. The van der Waals surface area contributed by atoms with Gasteiger partial charge in [-0.15, -0.1) is 11.3 Å². The Balaban J connectivity index is 1.84. The van der Waals surface area contributed by atoms with Crippen molar-refractivity contribution in [1.82, 2.24) is 15.0 Å². The highest BCUT2D eigenvalue weighted by Crippen LogP contribution is 2.37. The summed E-state index contributed by atoms with van der Waals surface area (Å²) in [4.78, 5) is 26.2. The lowest BCUT2D eigenvalue weighted by Crippen LogP contribution is -2.10. The lowest BCUT2D eigenvalue weighted by molar-refractivity contribution is 1.22. The van der Waals surface area contributed by atoms with Gasteiger partial charge in [0.25, 0.3) is 5.56 Å². The third kappa shape index (κ3) is 2.98. The van der Waals surface area contributed by atoms with Crippen LogP contribution in [0, 0.1) is 18.3 Å². The van der Waals surface area contributed by atoms with E-state index in [-0.39, 0.29) is 5.56 Å². The second kappa shape index (κ2) is 6.66. The number of nitrogens with zero attached hydrogens (tertiary/aromatic N) is 3. The van der Waals surface area contributed by atoms with Crippen LogP contribution in [0.25, 0.3) is 43.6 Å². The van der Waals surface area contributed by atoms with Crippen molar-refractivity contribution in [2.75, 3.05) is 0 Å². The van der Waals surface area contributed by atoms with Crippen LogP contribution in [-0.4, -0.2) is 15.0 Å². The Hall–Kier alpha value is -3.82. The van der Waals surface area contributed by atoms with Crippen molar-refractivity contribution >= 4 is 33.3 Å². The molecule has 6 heteroatoms. The Labute approximate surface area is 169 Å². The number of hydrogen-bond acceptors (Lipinski definition) is 5. The zero-order valence-corrected chi connectivity index (χ0v) is 16.2. The number of H-pyrrole nitrogens is 1. The van der Waals surface area contributed by atoms with E-state index in [1.807, 2.05) is 42.5 Å². The molecule has 5 aromatic rings. The van der Waals surface area contributed by atoms with Crippen LogP contribution in [0.1, 0.15) is 10.4 Å². The molecule has 0 amide bonds. The number of nitrogens with one attached hydrogen (secondary N) is 1. The van der Waals surface area contributed by atoms with Crippen molar-refractivity contribution in [3.63, 3.8) is 0 Å². The number of aryl methyl sites for hydroxylation is 1. The molecule has 138 valence electrons. The summed E-state index contributed by atoms with van der Waals surface area (Å²) < 4.78 is 0. The lowest BCUT2D eigenvalue weighted by atomic mass is 9.99. The van der Waals surface area contributed by atoms with Crippen LogP contribution >= 0.6 is 11.3 Å². The first-order valence-corrected chi connectivity index (χ1v) is 9.84. The fraction of sp³-hybridized carbons (Fsp3) is 0.0435. The van der Waals surface area contributed by atoms with E-state index in [1.165, 1.54) is 4.88 Å². The first kappa shape index (κ1) is 17.3. The van der Waals surface area contributed by atoms with Gasteiger partial charge in [-0.25, -0.2) is 4.98 Å². The van der Waals surface area contributed by atoms with E-state index in [2.05, 4.69) is 29.0 Å². The minimum atomic E-state index is -0.426. The van der Waals surface area contributed by atoms with Crippen molar-refractivity contribution in [2.45, 2.75) is 6.92 Å². The Morgan fingerprint density at radius 3 is 2.76 bits per heavy atom. The average Bonchev–Trinajstić information content (AvgIpc) is 3.18. The average molecular weight is 394 g/mol. The monoisotopic (exact) mass is 394 g/mol. The first-order chi connectivity index (χ1) is 14.1. The molecule has 0 aliphatic carbocycles. The zero-order chi connectivity index (χ0) is 20.0. The first-order valence-electron chi connectivity index (χ1n) is 9.02. The van der Waals surface area contributed by atoms with Crippen molar-refractivity contribution in [2.24, 2.45) is 0 Å². The van der Waals surface area contributed by atoms with Crippen molar-refractivity contribution in [1.29, 1.82) is 5.26 Å². The van der Waals surface area contributed by atoms with Crippen LogP contribution < -0.4 is 5.56 Å². The standard InChI is InChI=1S/C23H14N4OS/c1-13-4-7-20(29-13)21-18(14-5-6-19-15(9-14)3-2-8-25-19)11-16-10-17(12-24)23(28)27-22(16)26-21/h2-11H,1H3,(H,26,27,28). The largest absolute Gasteiger partial charge is 0.305 e. The van der Waals surface area contributed by atoms with E-state index in [0.717, 1.165) is 38.0 Å². The lowest BCUT2D eigenvalue weighted by Gasteiger charge is -2.11. The fourth-order valence-electron chi connectivity index (χ4n) is 3.43. The van der Waals surface area contributed by atoms with Crippen LogP contribution in [0.4, 0.5) is 0 Å². The topological polar surface area (TPSA) is 82.4 Å². The predicted molar refractivity (Wildman–Crippen MR) is 116 cm³/mol. The van der Waals surface area contributed by atoms with Gasteiger partial charge in [0.05, 0.1) is 16.1 Å². The molecule has 0 bridgehead atoms. The maximum Gasteiger partial charge on any atom is 0.267 e. The third-order valence-corrected chi connectivity index (χ3v) is 5.84. The molecule has 0 unspecified atom stereocenters. The second-order valence-corrected chi connectivity index (χ2v) is 8.06. The maximum absolute atomic E-state index is 12.1. The van der Waals surface area contributed by atoms with Gasteiger partial charge in [0.1, 0.15) is 17.3 Å². The van der Waals surface area contributed by atoms with Gasteiger partial charge < -0.3 is 4.98 Å². The number of aromatic amines is 1. The number of hydrogen-bond donors (Lipinski definition) is 1. The van der Waals surface area contributed by atoms with Crippen LogP contribution in [0.5, 0.6) is 0 Å². The van der Waals surface area contributed by atoms with Gasteiger partial charge in [0.2, 0.25) is 0 Å². The molecule has 0 fully saturated rings. The number of thiophene rings is 1. The molecule has 5 rings (SSSR count). The van der Waals surface area contributed by atoms with E-state index in [1.54, 1.807) is 23.6 Å². The summed E-state index contributed by atoms with van der Waals surface area (Å²) in [6.07, 6.45) is 1.78. The Morgan fingerprint density at radius 2 is 1.97 bits per heavy atom. The molecule has 0 saturated heterocycles. The molecule has 29 heavy (non-hydrogen) atoms. The minimum absolute atomic E-state index is 0.0766. The smallest absolute Gasteiger partial charge is 0.267 e. The van der Waals surface area contributed by atoms with Gasteiger partial charge in [0, 0.05) is 27.4 Å². The molecule has 1 N–H and O–H groups in total. The Kier molecular flexibility index (Phi) is 3.97. The molecule has 5 nitrogen and oxygen atoms in total. The highest BCUT2D eigenvalue weighted by molar-refractivity contribution is 7.15. The predicted octanol–water partition coefficient (Wildman–Crippen LogP) is 5.05. The van der Waals surface area contributed by atoms with Crippen LogP contribution in [0.2, 0.25) is 0 Å². The van der Waals surface area contributed by atoms with Crippen molar-refractivity contribution in [3.8, 4) is 27.8 Å². The SMILES string of the molecule is Cc1ccc(-c2nc3[nH]c(=O)c(C#N)cc3cc2-c2ccc3ncccc3c2)s1. The second-order valence-electron chi connectivity index (χ2n) is 6.77.